The summed E-state index contributed by atoms with van der Waals surface area (Å²) in [5, 5.41) is 0. The van der Waals surface area contributed by atoms with Gasteiger partial charge in [-0.2, -0.15) is 0 Å². The Bertz CT molecular complexity index is 503. The Morgan fingerprint density at radius 2 is 1.71 bits per heavy atom. The number of rotatable bonds is 3. The normalized spacial score (nSPS) is 10.3. The van der Waals surface area contributed by atoms with Crippen molar-refractivity contribution in [2.45, 2.75) is 19.7 Å². The molecule has 2 aromatic carbocycles. The van der Waals surface area contributed by atoms with Crippen LogP contribution in [0.25, 0.3) is 0 Å². The topological polar surface area (TPSA) is 9.23 Å². The average Bonchev–Trinajstić information content (AvgIpc) is 2.35. The number of benzene rings is 2. The number of aryl methyl sites for hydroxylation is 2. The molecule has 0 radical (unpaired) electrons. The van der Waals surface area contributed by atoms with E-state index in [1.165, 1.54) is 5.56 Å². The van der Waals surface area contributed by atoms with Crippen molar-refractivity contribution in [2.75, 3.05) is 0 Å². The first-order valence-corrected chi connectivity index (χ1v) is 6.12. The molecule has 0 bridgehead atoms. The molecule has 0 atom stereocenters. The van der Waals surface area contributed by atoms with Crippen LogP contribution >= 0.6 is 11.6 Å². The summed E-state index contributed by atoms with van der Waals surface area (Å²) in [7, 11) is 0. The van der Waals surface area contributed by atoms with Crippen molar-refractivity contribution in [3.63, 3.8) is 0 Å². The van der Waals surface area contributed by atoms with E-state index < -0.39 is 0 Å². The van der Waals surface area contributed by atoms with Gasteiger partial charge >= 0.3 is 0 Å². The lowest BCUT2D eigenvalue weighted by molar-refractivity contribution is 0.478. The number of hydrogen-bond donors (Lipinski definition) is 0. The van der Waals surface area contributed by atoms with Crippen molar-refractivity contribution in [1.29, 1.82) is 0 Å². The Kier molecular flexibility index (Phi) is 3.70. The molecule has 88 valence electrons. The third kappa shape index (κ3) is 3.01. The molecule has 0 heterocycles. The quantitative estimate of drug-likeness (QED) is 0.705. The maximum Gasteiger partial charge on any atom is 0.130 e. The molecule has 0 spiro atoms. The molecule has 1 nitrogen and oxygen atoms in total. The molecular weight excluding hydrogens is 232 g/mol. The molecule has 0 fully saturated rings. The van der Waals surface area contributed by atoms with Crippen LogP contribution in [0.2, 0.25) is 0 Å². The fourth-order valence-electron chi connectivity index (χ4n) is 1.59. The highest BCUT2D eigenvalue weighted by molar-refractivity contribution is 6.17. The van der Waals surface area contributed by atoms with Crippen LogP contribution in [0.1, 0.15) is 16.7 Å². The molecule has 0 aliphatic heterocycles. The molecule has 17 heavy (non-hydrogen) atoms. The minimum Gasteiger partial charge on any atom is -0.457 e. The summed E-state index contributed by atoms with van der Waals surface area (Å²) >= 11 is 5.74. The maximum atomic E-state index is 5.85. The lowest BCUT2D eigenvalue weighted by atomic mass is 10.1. The molecule has 2 aromatic rings. The summed E-state index contributed by atoms with van der Waals surface area (Å²) in [6.07, 6.45) is 0. The standard InChI is InChI=1S/C15H15ClO/c1-11-3-4-12(2)15(9-11)17-14-7-5-13(10-16)6-8-14/h3-9H,10H2,1-2H3. The molecule has 0 unspecified atom stereocenters. The van der Waals surface area contributed by atoms with Crippen LogP contribution in [0.4, 0.5) is 0 Å². The molecule has 0 saturated carbocycles. The molecular formula is C15H15ClO. The third-order valence-corrected chi connectivity index (χ3v) is 2.96. The third-order valence-electron chi connectivity index (χ3n) is 2.65. The van der Waals surface area contributed by atoms with Gasteiger partial charge in [-0.3, -0.25) is 0 Å². The fraction of sp³-hybridized carbons (Fsp3) is 0.200. The van der Waals surface area contributed by atoms with Crippen molar-refractivity contribution in [3.8, 4) is 11.5 Å². The Balaban J connectivity index is 2.22. The lowest BCUT2D eigenvalue weighted by Gasteiger charge is -2.09. The Hall–Kier alpha value is -1.47. The van der Waals surface area contributed by atoms with Crippen LogP contribution in [0, 0.1) is 13.8 Å². The molecule has 0 amide bonds. The van der Waals surface area contributed by atoms with Gasteiger partial charge in [0.25, 0.3) is 0 Å². The first-order chi connectivity index (χ1) is 8.19. The van der Waals surface area contributed by atoms with Crippen molar-refractivity contribution < 1.29 is 4.74 Å². The summed E-state index contributed by atoms with van der Waals surface area (Å²) in [6, 6.07) is 14.0. The molecule has 2 rings (SSSR count). The zero-order chi connectivity index (χ0) is 12.3. The van der Waals surface area contributed by atoms with Gasteiger partial charge in [-0.15, -0.1) is 11.6 Å². The maximum absolute atomic E-state index is 5.85. The van der Waals surface area contributed by atoms with Crippen LogP contribution in [-0.4, -0.2) is 0 Å². The van der Waals surface area contributed by atoms with E-state index in [0.717, 1.165) is 22.6 Å². The lowest BCUT2D eigenvalue weighted by Crippen LogP contribution is -1.88. The summed E-state index contributed by atoms with van der Waals surface area (Å²) in [4.78, 5) is 0. The summed E-state index contributed by atoms with van der Waals surface area (Å²) in [6.45, 7) is 4.10. The van der Waals surface area contributed by atoms with E-state index in [0.29, 0.717) is 5.88 Å². The van der Waals surface area contributed by atoms with Gasteiger partial charge in [0.2, 0.25) is 0 Å². The van der Waals surface area contributed by atoms with Gasteiger partial charge in [-0.05, 0) is 48.7 Å². The highest BCUT2D eigenvalue weighted by Gasteiger charge is 2.01. The molecule has 0 aromatic heterocycles. The molecule has 0 aliphatic rings. The van der Waals surface area contributed by atoms with Crippen molar-refractivity contribution in [1.82, 2.24) is 0 Å². The zero-order valence-electron chi connectivity index (χ0n) is 10.0. The first kappa shape index (κ1) is 12.0. The molecule has 0 aliphatic carbocycles. The van der Waals surface area contributed by atoms with Crippen LogP contribution in [-0.2, 0) is 5.88 Å². The highest BCUT2D eigenvalue weighted by atomic mass is 35.5. The molecule has 2 heteroatoms. The number of hydrogen-bond acceptors (Lipinski definition) is 1. The van der Waals surface area contributed by atoms with E-state index in [4.69, 9.17) is 16.3 Å². The van der Waals surface area contributed by atoms with E-state index in [1.54, 1.807) is 0 Å². The predicted octanol–water partition coefficient (Wildman–Crippen LogP) is 4.83. The minimum atomic E-state index is 0.532. The molecule has 0 saturated heterocycles. The monoisotopic (exact) mass is 246 g/mol. The van der Waals surface area contributed by atoms with Crippen molar-refractivity contribution >= 4 is 11.6 Å². The number of ether oxygens (including phenoxy) is 1. The van der Waals surface area contributed by atoms with Crippen LogP contribution in [0.15, 0.2) is 42.5 Å². The second-order valence-electron chi connectivity index (χ2n) is 4.15. The second-order valence-corrected chi connectivity index (χ2v) is 4.42. The highest BCUT2D eigenvalue weighted by Crippen LogP contribution is 2.26. The minimum absolute atomic E-state index is 0.532. The van der Waals surface area contributed by atoms with E-state index in [-0.39, 0.29) is 0 Å². The number of halogens is 1. The van der Waals surface area contributed by atoms with Crippen molar-refractivity contribution in [3.05, 3.63) is 59.2 Å². The summed E-state index contributed by atoms with van der Waals surface area (Å²) in [5.74, 6) is 2.28. The molecule has 0 N–H and O–H groups in total. The summed E-state index contributed by atoms with van der Waals surface area (Å²) in [5.41, 5.74) is 3.43. The Labute approximate surface area is 107 Å². The fourth-order valence-corrected chi connectivity index (χ4v) is 1.77. The second kappa shape index (κ2) is 5.24. The van der Waals surface area contributed by atoms with Crippen LogP contribution in [0.5, 0.6) is 11.5 Å². The van der Waals surface area contributed by atoms with Gasteiger partial charge in [0, 0.05) is 5.88 Å². The van der Waals surface area contributed by atoms with E-state index in [2.05, 4.69) is 19.1 Å². The average molecular weight is 247 g/mol. The van der Waals surface area contributed by atoms with Crippen LogP contribution < -0.4 is 4.74 Å². The van der Waals surface area contributed by atoms with E-state index in [9.17, 15) is 0 Å². The van der Waals surface area contributed by atoms with Gasteiger partial charge in [0.05, 0.1) is 0 Å². The number of alkyl halides is 1. The van der Waals surface area contributed by atoms with Gasteiger partial charge < -0.3 is 4.74 Å². The van der Waals surface area contributed by atoms with Crippen molar-refractivity contribution in [2.24, 2.45) is 0 Å². The predicted molar refractivity (Wildman–Crippen MR) is 72.0 cm³/mol. The van der Waals surface area contributed by atoms with Gasteiger partial charge in [0.15, 0.2) is 0 Å². The van der Waals surface area contributed by atoms with Gasteiger partial charge in [0.1, 0.15) is 11.5 Å². The van der Waals surface area contributed by atoms with E-state index >= 15 is 0 Å². The van der Waals surface area contributed by atoms with Crippen LogP contribution in [0.3, 0.4) is 0 Å². The first-order valence-electron chi connectivity index (χ1n) is 5.59. The summed E-state index contributed by atoms with van der Waals surface area (Å²) < 4.78 is 5.85. The smallest absolute Gasteiger partial charge is 0.130 e. The van der Waals surface area contributed by atoms with Gasteiger partial charge in [-0.25, -0.2) is 0 Å². The largest absolute Gasteiger partial charge is 0.457 e. The zero-order valence-corrected chi connectivity index (χ0v) is 10.8. The Morgan fingerprint density at radius 3 is 2.35 bits per heavy atom. The Morgan fingerprint density at radius 1 is 1.00 bits per heavy atom. The van der Waals surface area contributed by atoms with Gasteiger partial charge in [-0.1, -0.05) is 24.3 Å². The van der Waals surface area contributed by atoms with E-state index in [1.807, 2.05) is 37.3 Å². The SMILES string of the molecule is Cc1ccc(C)c(Oc2ccc(CCl)cc2)c1.